The zero-order valence-corrected chi connectivity index (χ0v) is 14.1. The van der Waals surface area contributed by atoms with E-state index in [0.29, 0.717) is 13.0 Å². The van der Waals surface area contributed by atoms with Gasteiger partial charge in [0.1, 0.15) is 12.1 Å². The number of hydrogen-bond acceptors (Lipinski definition) is 3. The number of rotatable bonds is 4. The highest BCUT2D eigenvalue weighted by Gasteiger charge is 2.40. The van der Waals surface area contributed by atoms with E-state index in [2.05, 4.69) is 26.2 Å². The first-order valence-corrected chi connectivity index (χ1v) is 7.94. The van der Waals surface area contributed by atoms with E-state index in [1.54, 1.807) is 11.1 Å². The number of amides is 2. The molecule has 0 aromatic carbocycles. The van der Waals surface area contributed by atoms with Gasteiger partial charge >= 0.3 is 0 Å². The van der Waals surface area contributed by atoms with Crippen LogP contribution in [0.4, 0.5) is 0 Å². The van der Waals surface area contributed by atoms with Crippen molar-refractivity contribution in [3.63, 3.8) is 0 Å². The number of aromatic nitrogens is 1. The van der Waals surface area contributed by atoms with Gasteiger partial charge in [-0.2, -0.15) is 0 Å². The number of nitrogens with one attached hydrogen (secondary N) is 1. The van der Waals surface area contributed by atoms with Crippen LogP contribution in [0.15, 0.2) is 22.8 Å². The average molecular weight is 354 g/mol. The molecule has 1 fully saturated rings. The summed E-state index contributed by atoms with van der Waals surface area (Å²) in [6, 6.07) is 2.88. The third kappa shape index (κ3) is 3.43. The molecule has 0 saturated carbocycles. The van der Waals surface area contributed by atoms with Crippen molar-refractivity contribution >= 4 is 27.7 Å². The van der Waals surface area contributed by atoms with Crippen LogP contribution in [-0.4, -0.2) is 33.8 Å². The van der Waals surface area contributed by atoms with E-state index in [4.69, 9.17) is 0 Å². The summed E-state index contributed by atoms with van der Waals surface area (Å²) in [5, 5.41) is 2.83. The van der Waals surface area contributed by atoms with Gasteiger partial charge in [-0.1, -0.05) is 20.8 Å². The van der Waals surface area contributed by atoms with Gasteiger partial charge in [0.2, 0.25) is 11.8 Å². The van der Waals surface area contributed by atoms with Gasteiger partial charge in [0.15, 0.2) is 0 Å². The lowest BCUT2D eigenvalue weighted by molar-refractivity contribution is -0.151. The minimum atomic E-state index is -0.448. The first-order chi connectivity index (χ1) is 9.93. The molecule has 2 rings (SSSR count). The summed E-state index contributed by atoms with van der Waals surface area (Å²) in [7, 11) is 0. The van der Waals surface area contributed by atoms with Crippen LogP contribution in [0.5, 0.6) is 0 Å². The molecule has 2 unspecified atom stereocenters. The SMILES string of the molecule is CCC1C(=O)NC(C(C)C)C(=O)N1Cc1ccc(Br)cn1. The molecule has 0 spiro atoms. The van der Waals surface area contributed by atoms with Crippen LogP contribution in [0.2, 0.25) is 0 Å². The van der Waals surface area contributed by atoms with Gasteiger partial charge in [-0.15, -0.1) is 0 Å². The Kier molecular flexibility index (Phi) is 4.98. The van der Waals surface area contributed by atoms with Crippen molar-refractivity contribution < 1.29 is 9.59 Å². The van der Waals surface area contributed by atoms with Crippen LogP contribution in [0.1, 0.15) is 32.9 Å². The van der Waals surface area contributed by atoms with Crippen molar-refractivity contribution in [2.45, 2.75) is 45.8 Å². The largest absolute Gasteiger partial charge is 0.342 e. The van der Waals surface area contributed by atoms with E-state index in [-0.39, 0.29) is 17.7 Å². The van der Waals surface area contributed by atoms with Crippen molar-refractivity contribution in [3.8, 4) is 0 Å². The quantitative estimate of drug-likeness (QED) is 0.901. The molecule has 6 heteroatoms. The van der Waals surface area contributed by atoms with Crippen molar-refractivity contribution in [2.75, 3.05) is 0 Å². The van der Waals surface area contributed by atoms with E-state index in [1.165, 1.54) is 0 Å². The standard InChI is InChI=1S/C15H20BrN3O2/c1-4-12-14(20)18-13(9(2)3)15(21)19(12)8-11-6-5-10(16)7-17-11/h5-7,9,12-13H,4,8H2,1-3H3,(H,18,20). The van der Waals surface area contributed by atoms with Gasteiger partial charge in [-0.25, -0.2) is 0 Å². The Morgan fingerprint density at radius 2 is 2.10 bits per heavy atom. The summed E-state index contributed by atoms with van der Waals surface area (Å²) in [4.78, 5) is 30.8. The zero-order chi connectivity index (χ0) is 15.6. The third-order valence-corrected chi connectivity index (χ3v) is 4.17. The molecular formula is C15H20BrN3O2. The summed E-state index contributed by atoms with van der Waals surface area (Å²) in [5.74, 6) is -0.0336. The van der Waals surface area contributed by atoms with Crippen LogP contribution < -0.4 is 5.32 Å². The molecule has 0 bridgehead atoms. The maximum Gasteiger partial charge on any atom is 0.246 e. The molecule has 0 radical (unpaired) electrons. The molecule has 2 heterocycles. The predicted octanol–water partition coefficient (Wildman–Crippen LogP) is 2.11. The Morgan fingerprint density at radius 3 is 2.62 bits per heavy atom. The highest BCUT2D eigenvalue weighted by molar-refractivity contribution is 9.10. The summed E-state index contributed by atoms with van der Waals surface area (Å²) >= 11 is 3.34. The summed E-state index contributed by atoms with van der Waals surface area (Å²) in [5.41, 5.74) is 0.780. The molecule has 1 N–H and O–H groups in total. The Balaban J connectivity index is 2.25. The monoisotopic (exact) mass is 353 g/mol. The normalized spacial score (nSPS) is 22.6. The second-order valence-corrected chi connectivity index (χ2v) is 6.50. The fourth-order valence-corrected chi connectivity index (χ4v) is 2.74. The van der Waals surface area contributed by atoms with Crippen LogP contribution in [0.3, 0.4) is 0 Å². The van der Waals surface area contributed by atoms with Gasteiger partial charge in [-0.3, -0.25) is 14.6 Å². The van der Waals surface area contributed by atoms with Gasteiger partial charge in [0.05, 0.1) is 12.2 Å². The Hall–Kier alpha value is -1.43. The molecule has 2 atom stereocenters. The van der Waals surface area contributed by atoms with Crippen LogP contribution in [0, 0.1) is 5.92 Å². The van der Waals surface area contributed by atoms with Crippen molar-refractivity contribution in [1.82, 2.24) is 15.2 Å². The zero-order valence-electron chi connectivity index (χ0n) is 12.5. The smallest absolute Gasteiger partial charge is 0.246 e. The molecule has 1 aromatic heterocycles. The molecule has 1 aliphatic rings. The second kappa shape index (κ2) is 6.56. The van der Waals surface area contributed by atoms with Crippen molar-refractivity contribution in [1.29, 1.82) is 0 Å². The van der Waals surface area contributed by atoms with Gasteiger partial charge in [0.25, 0.3) is 0 Å². The van der Waals surface area contributed by atoms with E-state index < -0.39 is 12.1 Å². The highest BCUT2D eigenvalue weighted by Crippen LogP contribution is 2.20. The lowest BCUT2D eigenvalue weighted by Crippen LogP contribution is -2.64. The summed E-state index contributed by atoms with van der Waals surface area (Å²) in [6.45, 7) is 6.15. The van der Waals surface area contributed by atoms with Gasteiger partial charge in [0, 0.05) is 10.7 Å². The Morgan fingerprint density at radius 1 is 1.38 bits per heavy atom. The van der Waals surface area contributed by atoms with Crippen molar-refractivity contribution in [2.24, 2.45) is 5.92 Å². The van der Waals surface area contributed by atoms with Gasteiger partial charge in [-0.05, 0) is 40.4 Å². The molecule has 21 heavy (non-hydrogen) atoms. The number of hydrogen-bond donors (Lipinski definition) is 1. The lowest BCUT2D eigenvalue weighted by atomic mass is 9.96. The van der Waals surface area contributed by atoms with Crippen LogP contribution in [0.25, 0.3) is 0 Å². The molecule has 2 amide bonds. The molecular weight excluding hydrogens is 334 g/mol. The number of carbonyl (C=O) groups excluding carboxylic acids is 2. The van der Waals surface area contributed by atoms with Crippen LogP contribution in [-0.2, 0) is 16.1 Å². The first-order valence-electron chi connectivity index (χ1n) is 7.15. The van der Waals surface area contributed by atoms with E-state index in [1.807, 2.05) is 32.9 Å². The maximum atomic E-state index is 12.6. The number of carbonyl (C=O) groups is 2. The maximum absolute atomic E-state index is 12.6. The van der Waals surface area contributed by atoms with Gasteiger partial charge < -0.3 is 10.2 Å². The topological polar surface area (TPSA) is 62.3 Å². The van der Waals surface area contributed by atoms with Crippen LogP contribution >= 0.6 is 15.9 Å². The fraction of sp³-hybridized carbons (Fsp3) is 0.533. The van der Waals surface area contributed by atoms with E-state index >= 15 is 0 Å². The predicted molar refractivity (Wildman–Crippen MR) is 83.3 cm³/mol. The average Bonchev–Trinajstić information content (AvgIpc) is 2.44. The summed E-state index contributed by atoms with van der Waals surface area (Å²) in [6.07, 6.45) is 2.30. The Labute approximate surface area is 133 Å². The first kappa shape index (κ1) is 15.9. The summed E-state index contributed by atoms with van der Waals surface area (Å²) < 4.78 is 0.890. The van der Waals surface area contributed by atoms with E-state index in [0.717, 1.165) is 10.2 Å². The fourth-order valence-electron chi connectivity index (χ4n) is 2.51. The third-order valence-electron chi connectivity index (χ3n) is 3.70. The minimum absolute atomic E-state index is 0.0267. The number of piperazine rings is 1. The second-order valence-electron chi connectivity index (χ2n) is 5.59. The van der Waals surface area contributed by atoms with E-state index in [9.17, 15) is 9.59 Å². The Bertz CT molecular complexity index is 530. The molecule has 1 aliphatic heterocycles. The number of pyridine rings is 1. The molecule has 0 aliphatic carbocycles. The number of halogens is 1. The van der Waals surface area contributed by atoms with Crippen molar-refractivity contribution in [3.05, 3.63) is 28.5 Å². The highest BCUT2D eigenvalue weighted by atomic mass is 79.9. The molecule has 1 saturated heterocycles. The molecule has 5 nitrogen and oxygen atoms in total. The minimum Gasteiger partial charge on any atom is -0.342 e. The molecule has 1 aromatic rings. The number of nitrogens with zero attached hydrogens (tertiary/aromatic N) is 2. The lowest BCUT2D eigenvalue weighted by Gasteiger charge is -2.39. The molecule has 114 valence electrons.